The average molecular weight is 146 g/mol. The van der Waals surface area contributed by atoms with Gasteiger partial charge in [-0.05, 0) is 25.0 Å². The lowest BCUT2D eigenvalue weighted by Crippen LogP contribution is -1.79. The van der Waals surface area contributed by atoms with Crippen molar-refractivity contribution in [1.29, 1.82) is 0 Å². The lowest BCUT2D eigenvalue weighted by molar-refractivity contribution is 0.599. The number of hydrogen-bond acceptors (Lipinski definition) is 2. The molecular formula is C9H8NO. The van der Waals surface area contributed by atoms with Crippen LogP contribution < -0.4 is 0 Å². The summed E-state index contributed by atoms with van der Waals surface area (Å²) in [4.78, 5) is 4.03. The monoisotopic (exact) mass is 146 g/mol. The van der Waals surface area contributed by atoms with Crippen LogP contribution in [0.25, 0.3) is 11.1 Å². The van der Waals surface area contributed by atoms with Crippen LogP contribution in [0.5, 0.6) is 0 Å². The predicted octanol–water partition coefficient (Wildman–Crippen LogP) is 2.20. The summed E-state index contributed by atoms with van der Waals surface area (Å²) in [7, 11) is 0. The van der Waals surface area contributed by atoms with E-state index in [1.165, 1.54) is 6.39 Å². The van der Waals surface area contributed by atoms with E-state index in [1.54, 1.807) is 0 Å². The summed E-state index contributed by atoms with van der Waals surface area (Å²) in [6, 6.07) is 5.89. The summed E-state index contributed by atoms with van der Waals surface area (Å²) in [5.74, 6) is 0. The molecule has 2 heteroatoms. The fourth-order valence-corrected chi connectivity index (χ4v) is 1.14. The van der Waals surface area contributed by atoms with E-state index in [2.05, 4.69) is 11.9 Å². The molecule has 0 fully saturated rings. The maximum atomic E-state index is 5.19. The third-order valence-electron chi connectivity index (χ3n) is 1.71. The smallest absolute Gasteiger partial charge is 0.181 e. The van der Waals surface area contributed by atoms with Crippen molar-refractivity contribution >= 4 is 11.1 Å². The number of nitrogens with zero attached hydrogens (tertiary/aromatic N) is 1. The van der Waals surface area contributed by atoms with Crippen molar-refractivity contribution < 1.29 is 4.42 Å². The molecular weight excluding hydrogens is 138 g/mol. The zero-order valence-electron chi connectivity index (χ0n) is 6.08. The molecule has 1 heterocycles. The molecule has 11 heavy (non-hydrogen) atoms. The SMILES string of the molecule is [CH2]Cc1cccc2ncoc12. The van der Waals surface area contributed by atoms with Crippen molar-refractivity contribution in [3.63, 3.8) is 0 Å². The van der Waals surface area contributed by atoms with Gasteiger partial charge in [-0.1, -0.05) is 12.1 Å². The van der Waals surface area contributed by atoms with Crippen LogP contribution in [-0.2, 0) is 6.42 Å². The predicted molar refractivity (Wildman–Crippen MR) is 43.1 cm³/mol. The highest BCUT2D eigenvalue weighted by atomic mass is 16.3. The molecule has 0 atom stereocenters. The maximum absolute atomic E-state index is 5.19. The number of para-hydroxylation sites is 1. The van der Waals surface area contributed by atoms with Crippen LogP contribution in [0.2, 0.25) is 0 Å². The molecule has 0 unspecified atom stereocenters. The summed E-state index contributed by atoms with van der Waals surface area (Å²) in [6.45, 7) is 3.80. The first-order chi connectivity index (χ1) is 5.42. The number of hydrogen-bond donors (Lipinski definition) is 0. The minimum atomic E-state index is 0.743. The Morgan fingerprint density at radius 3 is 3.18 bits per heavy atom. The first-order valence-electron chi connectivity index (χ1n) is 3.52. The second-order valence-electron chi connectivity index (χ2n) is 2.37. The topological polar surface area (TPSA) is 26.0 Å². The third-order valence-corrected chi connectivity index (χ3v) is 1.71. The fourth-order valence-electron chi connectivity index (χ4n) is 1.14. The van der Waals surface area contributed by atoms with Crippen molar-refractivity contribution in [3.8, 4) is 0 Å². The molecule has 2 aromatic rings. The molecule has 0 aliphatic heterocycles. The van der Waals surface area contributed by atoms with E-state index >= 15 is 0 Å². The van der Waals surface area contributed by atoms with Crippen molar-refractivity contribution in [1.82, 2.24) is 4.98 Å². The van der Waals surface area contributed by atoms with E-state index in [1.807, 2.05) is 18.2 Å². The zero-order chi connectivity index (χ0) is 7.68. The highest BCUT2D eigenvalue weighted by Gasteiger charge is 2.01. The average Bonchev–Trinajstić information content (AvgIpc) is 2.50. The highest BCUT2D eigenvalue weighted by Crippen LogP contribution is 2.16. The number of rotatable bonds is 1. The molecule has 0 bridgehead atoms. The second-order valence-corrected chi connectivity index (χ2v) is 2.37. The quantitative estimate of drug-likeness (QED) is 0.616. The molecule has 2 nitrogen and oxygen atoms in total. The van der Waals surface area contributed by atoms with Crippen LogP contribution in [0, 0.1) is 6.92 Å². The largest absolute Gasteiger partial charge is 0.443 e. The van der Waals surface area contributed by atoms with Crippen molar-refractivity contribution in [2.24, 2.45) is 0 Å². The first kappa shape index (κ1) is 6.40. The molecule has 1 radical (unpaired) electrons. The molecule has 1 aromatic heterocycles. The Hall–Kier alpha value is -1.31. The molecule has 0 aliphatic carbocycles. The molecule has 0 saturated carbocycles. The highest BCUT2D eigenvalue weighted by molar-refractivity contribution is 5.75. The Labute approximate surface area is 64.9 Å². The van der Waals surface area contributed by atoms with Gasteiger partial charge in [0, 0.05) is 0 Å². The van der Waals surface area contributed by atoms with Gasteiger partial charge in [-0.2, -0.15) is 0 Å². The first-order valence-corrected chi connectivity index (χ1v) is 3.52. The molecule has 1 aromatic carbocycles. The Kier molecular flexibility index (Phi) is 1.39. The summed E-state index contributed by atoms with van der Waals surface area (Å²) in [5.41, 5.74) is 2.88. The van der Waals surface area contributed by atoms with Gasteiger partial charge in [0.2, 0.25) is 0 Å². The standard InChI is InChI=1S/C9H8NO/c1-2-7-4-3-5-8-9(7)11-6-10-8/h3-6H,1-2H2. The molecule has 0 aliphatic rings. The fraction of sp³-hybridized carbons (Fsp3) is 0.111. The van der Waals surface area contributed by atoms with Gasteiger partial charge in [-0.15, -0.1) is 0 Å². The van der Waals surface area contributed by atoms with E-state index in [-0.39, 0.29) is 0 Å². The van der Waals surface area contributed by atoms with Gasteiger partial charge < -0.3 is 4.42 Å². The van der Waals surface area contributed by atoms with Crippen LogP contribution in [0.3, 0.4) is 0 Å². The summed E-state index contributed by atoms with van der Waals surface area (Å²) in [5, 5.41) is 0. The van der Waals surface area contributed by atoms with Crippen LogP contribution in [0.4, 0.5) is 0 Å². The lowest BCUT2D eigenvalue weighted by Gasteiger charge is -1.93. The third kappa shape index (κ3) is 0.909. The van der Waals surface area contributed by atoms with Crippen LogP contribution in [0.1, 0.15) is 5.56 Å². The lowest BCUT2D eigenvalue weighted by atomic mass is 10.1. The van der Waals surface area contributed by atoms with Crippen LogP contribution >= 0.6 is 0 Å². The number of fused-ring (bicyclic) bond motifs is 1. The Morgan fingerprint density at radius 1 is 1.45 bits per heavy atom. The van der Waals surface area contributed by atoms with Gasteiger partial charge in [0.25, 0.3) is 0 Å². The molecule has 0 amide bonds. The minimum Gasteiger partial charge on any atom is -0.443 e. The molecule has 0 saturated heterocycles. The Balaban J connectivity index is 2.79. The number of aromatic nitrogens is 1. The Morgan fingerprint density at radius 2 is 2.36 bits per heavy atom. The zero-order valence-corrected chi connectivity index (χ0v) is 6.08. The van der Waals surface area contributed by atoms with E-state index in [0.717, 1.165) is 23.1 Å². The molecule has 55 valence electrons. The van der Waals surface area contributed by atoms with Gasteiger partial charge in [-0.25, -0.2) is 4.98 Å². The summed E-state index contributed by atoms with van der Waals surface area (Å²) >= 11 is 0. The van der Waals surface area contributed by atoms with Crippen molar-refractivity contribution in [3.05, 3.63) is 37.1 Å². The molecule has 0 N–H and O–H groups in total. The van der Waals surface area contributed by atoms with E-state index in [9.17, 15) is 0 Å². The van der Waals surface area contributed by atoms with Gasteiger partial charge in [0.1, 0.15) is 5.52 Å². The van der Waals surface area contributed by atoms with Gasteiger partial charge in [-0.3, -0.25) is 0 Å². The molecule has 0 spiro atoms. The van der Waals surface area contributed by atoms with E-state index in [4.69, 9.17) is 4.42 Å². The second kappa shape index (κ2) is 2.38. The number of benzene rings is 1. The van der Waals surface area contributed by atoms with Gasteiger partial charge in [0.05, 0.1) is 0 Å². The summed E-state index contributed by atoms with van der Waals surface area (Å²) < 4.78 is 5.19. The normalized spacial score (nSPS) is 10.6. The Bertz CT molecular complexity index is 364. The van der Waals surface area contributed by atoms with Gasteiger partial charge >= 0.3 is 0 Å². The summed E-state index contributed by atoms with van der Waals surface area (Å²) in [6.07, 6.45) is 2.20. The van der Waals surface area contributed by atoms with Gasteiger partial charge in [0.15, 0.2) is 12.0 Å². The maximum Gasteiger partial charge on any atom is 0.181 e. The van der Waals surface area contributed by atoms with E-state index in [0.29, 0.717) is 0 Å². The minimum absolute atomic E-state index is 0.743. The van der Waals surface area contributed by atoms with Crippen LogP contribution in [-0.4, -0.2) is 4.98 Å². The van der Waals surface area contributed by atoms with E-state index < -0.39 is 0 Å². The van der Waals surface area contributed by atoms with Crippen molar-refractivity contribution in [2.75, 3.05) is 0 Å². The molecule has 2 rings (SSSR count). The number of oxazole rings is 1. The van der Waals surface area contributed by atoms with Crippen LogP contribution in [0.15, 0.2) is 29.0 Å². The van der Waals surface area contributed by atoms with Crippen molar-refractivity contribution in [2.45, 2.75) is 6.42 Å².